The second-order valence-electron chi connectivity index (χ2n) is 10.9. The molecule has 2 heterocycles. The average Bonchev–Trinajstić information content (AvgIpc) is 3.49. The van der Waals surface area contributed by atoms with Gasteiger partial charge in [-0.3, -0.25) is 14.4 Å². The van der Waals surface area contributed by atoms with E-state index in [9.17, 15) is 32.8 Å². The Labute approximate surface area is 218 Å². The predicted molar refractivity (Wildman–Crippen MR) is 127 cm³/mol. The maximum Gasteiger partial charge on any atom is 0.573 e. The van der Waals surface area contributed by atoms with Crippen molar-refractivity contribution in [3.05, 3.63) is 24.3 Å². The topological polar surface area (TPSA) is 121 Å². The monoisotopic (exact) mass is 536 g/mol. The maximum atomic E-state index is 13.4. The van der Waals surface area contributed by atoms with E-state index in [0.717, 1.165) is 31.4 Å². The van der Waals surface area contributed by atoms with Crippen molar-refractivity contribution in [2.24, 2.45) is 17.8 Å². The molecular formula is C26H31F3N4O5. The fourth-order valence-corrected chi connectivity index (χ4v) is 5.93. The van der Waals surface area contributed by atoms with Crippen LogP contribution in [0.2, 0.25) is 0 Å². The Bertz CT molecular complexity index is 1100. The smallest absolute Gasteiger partial charge is 0.484 e. The molecule has 38 heavy (non-hydrogen) atoms. The van der Waals surface area contributed by atoms with E-state index in [2.05, 4.69) is 21.4 Å². The molecule has 2 saturated heterocycles. The summed E-state index contributed by atoms with van der Waals surface area (Å²) < 4.78 is 46.3. The standard InChI is InChI=1S/C26H31F3N4O5/c1-25(2)11-16(23(35)32-25)10-17(12-30)31-24(36)22-20-5-3-4-15(20)13-33(22)21(34)14-37-18-6-8-19(9-7-18)38-26(27,28)29/h6-9,15-17,20,22H,3-5,10-11,13-14H2,1-2H3,(H,31,36)(H,32,35)/t15-,16+,17-,20-,22-/m0/s1. The number of benzene rings is 1. The van der Waals surface area contributed by atoms with Crippen molar-refractivity contribution >= 4 is 17.7 Å². The van der Waals surface area contributed by atoms with Crippen molar-refractivity contribution in [1.29, 1.82) is 5.26 Å². The first-order valence-corrected chi connectivity index (χ1v) is 12.7. The van der Waals surface area contributed by atoms with Crippen LogP contribution >= 0.6 is 0 Å². The molecule has 0 bridgehead atoms. The first-order valence-electron chi connectivity index (χ1n) is 12.7. The molecule has 1 aromatic carbocycles. The second-order valence-corrected chi connectivity index (χ2v) is 10.9. The summed E-state index contributed by atoms with van der Waals surface area (Å²) in [7, 11) is 0. The minimum Gasteiger partial charge on any atom is -0.484 e. The van der Waals surface area contributed by atoms with Gasteiger partial charge in [0.05, 0.1) is 6.07 Å². The number of hydrogen-bond donors (Lipinski definition) is 2. The van der Waals surface area contributed by atoms with Crippen LogP contribution in [-0.4, -0.2) is 59.8 Å². The number of carbonyl (C=O) groups is 3. The fraction of sp³-hybridized carbons (Fsp3) is 0.615. The number of fused-ring (bicyclic) bond motifs is 1. The van der Waals surface area contributed by atoms with Gasteiger partial charge in [0.2, 0.25) is 11.8 Å². The number of carbonyl (C=O) groups excluding carboxylic acids is 3. The highest BCUT2D eigenvalue weighted by Crippen LogP contribution is 2.42. The SMILES string of the molecule is CC1(C)C[C@@H](C[C@@H](C#N)NC(=O)[C@@H]2[C@H]3CCC[C@H]3CN2C(=O)COc2ccc(OC(F)(F)F)cc2)C(=O)N1. The van der Waals surface area contributed by atoms with E-state index in [0.29, 0.717) is 13.0 Å². The van der Waals surface area contributed by atoms with Gasteiger partial charge in [-0.25, -0.2) is 0 Å². The van der Waals surface area contributed by atoms with E-state index < -0.39 is 48.5 Å². The first kappa shape index (κ1) is 27.5. The highest BCUT2D eigenvalue weighted by Gasteiger charge is 2.50. The third-order valence-corrected chi connectivity index (χ3v) is 7.48. The molecule has 0 spiro atoms. The molecule has 4 rings (SSSR count). The number of amides is 3. The zero-order valence-corrected chi connectivity index (χ0v) is 21.2. The van der Waals surface area contributed by atoms with Crippen LogP contribution in [0, 0.1) is 29.1 Å². The lowest BCUT2D eigenvalue weighted by atomic mass is 9.91. The van der Waals surface area contributed by atoms with Crippen LogP contribution in [0.15, 0.2) is 24.3 Å². The molecule has 1 aromatic rings. The molecular weight excluding hydrogens is 505 g/mol. The Morgan fingerprint density at radius 3 is 2.53 bits per heavy atom. The lowest BCUT2D eigenvalue weighted by Gasteiger charge is -2.28. The van der Waals surface area contributed by atoms with Crippen LogP contribution < -0.4 is 20.1 Å². The van der Waals surface area contributed by atoms with Crippen LogP contribution in [0.25, 0.3) is 0 Å². The molecule has 3 fully saturated rings. The van der Waals surface area contributed by atoms with E-state index in [-0.39, 0.29) is 35.5 Å². The van der Waals surface area contributed by atoms with Crippen LogP contribution in [0.4, 0.5) is 13.2 Å². The largest absolute Gasteiger partial charge is 0.573 e. The van der Waals surface area contributed by atoms with Crippen molar-refractivity contribution in [3.8, 4) is 17.6 Å². The summed E-state index contributed by atoms with van der Waals surface area (Å²) in [6, 6.07) is 5.12. The Kier molecular flexibility index (Phi) is 7.76. The van der Waals surface area contributed by atoms with Crippen molar-refractivity contribution in [1.82, 2.24) is 15.5 Å². The third kappa shape index (κ3) is 6.49. The van der Waals surface area contributed by atoms with Crippen LogP contribution in [0.1, 0.15) is 46.0 Å². The number of nitrogens with one attached hydrogen (secondary N) is 2. The summed E-state index contributed by atoms with van der Waals surface area (Å²) in [5.74, 6) is -1.50. The van der Waals surface area contributed by atoms with Gasteiger partial charge >= 0.3 is 6.36 Å². The molecule has 0 aromatic heterocycles. The van der Waals surface area contributed by atoms with Crippen molar-refractivity contribution in [2.45, 2.75) is 69.9 Å². The van der Waals surface area contributed by atoms with Gasteiger partial charge in [-0.2, -0.15) is 5.26 Å². The summed E-state index contributed by atoms with van der Waals surface area (Å²) >= 11 is 0. The van der Waals surface area contributed by atoms with Gasteiger partial charge in [0.25, 0.3) is 5.91 Å². The molecule has 3 aliphatic rings. The fourth-order valence-electron chi connectivity index (χ4n) is 5.93. The van der Waals surface area contributed by atoms with Gasteiger partial charge in [0, 0.05) is 18.0 Å². The number of likely N-dealkylation sites (tertiary alicyclic amines) is 1. The molecule has 12 heteroatoms. The Hall–Kier alpha value is -3.49. The van der Waals surface area contributed by atoms with Crippen molar-refractivity contribution < 1.29 is 37.0 Å². The first-order chi connectivity index (χ1) is 17.8. The number of ether oxygens (including phenoxy) is 2. The lowest BCUT2D eigenvalue weighted by molar-refractivity contribution is -0.274. The summed E-state index contributed by atoms with van der Waals surface area (Å²) in [4.78, 5) is 40.2. The van der Waals surface area contributed by atoms with Crippen molar-refractivity contribution in [2.75, 3.05) is 13.2 Å². The molecule has 2 N–H and O–H groups in total. The lowest BCUT2D eigenvalue weighted by Crippen LogP contribution is -2.52. The van der Waals surface area contributed by atoms with Gasteiger partial charge in [0.15, 0.2) is 6.61 Å². The summed E-state index contributed by atoms with van der Waals surface area (Å²) in [5, 5.41) is 15.3. The van der Waals surface area contributed by atoms with E-state index in [1.54, 1.807) is 0 Å². The molecule has 5 atom stereocenters. The van der Waals surface area contributed by atoms with Gasteiger partial charge in [-0.1, -0.05) is 6.42 Å². The normalized spacial score (nSPS) is 26.7. The number of alkyl halides is 3. The van der Waals surface area contributed by atoms with Gasteiger partial charge in [0.1, 0.15) is 23.6 Å². The molecule has 9 nitrogen and oxygen atoms in total. The Balaban J connectivity index is 1.38. The van der Waals surface area contributed by atoms with E-state index >= 15 is 0 Å². The summed E-state index contributed by atoms with van der Waals surface area (Å²) in [6.07, 6.45) is -1.46. The van der Waals surface area contributed by atoms with E-state index in [1.807, 2.05) is 13.8 Å². The highest BCUT2D eigenvalue weighted by atomic mass is 19.4. The van der Waals surface area contributed by atoms with Gasteiger partial charge in [-0.15, -0.1) is 13.2 Å². The predicted octanol–water partition coefficient (Wildman–Crippen LogP) is 2.90. The second kappa shape index (κ2) is 10.7. The quantitative estimate of drug-likeness (QED) is 0.527. The number of halogens is 3. The molecule has 2 aliphatic heterocycles. The van der Waals surface area contributed by atoms with E-state index in [1.165, 1.54) is 17.0 Å². The molecule has 0 unspecified atom stereocenters. The van der Waals surface area contributed by atoms with Crippen LogP contribution in [-0.2, 0) is 14.4 Å². The third-order valence-electron chi connectivity index (χ3n) is 7.48. The summed E-state index contributed by atoms with van der Waals surface area (Å²) in [5.41, 5.74) is -0.372. The molecule has 1 saturated carbocycles. The maximum absolute atomic E-state index is 13.4. The summed E-state index contributed by atoms with van der Waals surface area (Å²) in [6.45, 7) is 3.79. The van der Waals surface area contributed by atoms with E-state index in [4.69, 9.17) is 4.74 Å². The van der Waals surface area contributed by atoms with Gasteiger partial charge in [-0.05, 0) is 75.6 Å². The Morgan fingerprint density at radius 2 is 1.92 bits per heavy atom. The zero-order chi connectivity index (χ0) is 27.7. The molecule has 1 aliphatic carbocycles. The molecule has 0 radical (unpaired) electrons. The van der Waals surface area contributed by atoms with Gasteiger partial charge < -0.3 is 25.0 Å². The molecule has 3 amide bonds. The Morgan fingerprint density at radius 1 is 1.24 bits per heavy atom. The number of nitriles is 1. The van der Waals surface area contributed by atoms with Crippen molar-refractivity contribution in [3.63, 3.8) is 0 Å². The number of hydrogen-bond acceptors (Lipinski definition) is 6. The number of nitrogens with zero attached hydrogens (tertiary/aromatic N) is 2. The van der Waals surface area contributed by atoms with Crippen LogP contribution in [0.5, 0.6) is 11.5 Å². The minimum atomic E-state index is -4.81. The zero-order valence-electron chi connectivity index (χ0n) is 21.2. The van der Waals surface area contributed by atoms with Crippen LogP contribution in [0.3, 0.4) is 0 Å². The highest BCUT2D eigenvalue weighted by molar-refractivity contribution is 5.90. The minimum absolute atomic E-state index is 0.0363. The number of rotatable bonds is 8. The average molecular weight is 537 g/mol. The molecule has 206 valence electrons.